The van der Waals surface area contributed by atoms with E-state index in [2.05, 4.69) is 86.7 Å². The highest BCUT2D eigenvalue weighted by Crippen LogP contribution is 2.96. The summed E-state index contributed by atoms with van der Waals surface area (Å²) in [7, 11) is 0. The summed E-state index contributed by atoms with van der Waals surface area (Å²) < 4.78 is 0. The molecule has 0 aliphatic heterocycles. The minimum Gasteiger partial charge on any atom is -0.0848 e. The van der Waals surface area contributed by atoms with Crippen molar-refractivity contribution in [2.75, 3.05) is 0 Å². The minimum absolute atomic E-state index is 0.331. The number of hydrogen-bond acceptors (Lipinski definition) is 0. The zero-order valence-corrected chi connectivity index (χ0v) is 14.4. The van der Waals surface area contributed by atoms with Crippen molar-refractivity contribution in [1.29, 1.82) is 0 Å². The van der Waals surface area contributed by atoms with Crippen LogP contribution in [-0.4, -0.2) is 0 Å². The van der Waals surface area contributed by atoms with Crippen LogP contribution in [-0.2, 0) is 10.8 Å². The molecule has 6 rings (SSSR count). The summed E-state index contributed by atoms with van der Waals surface area (Å²) in [5, 5.41) is 0. The standard InChI is InChI=1S/C24H24/c1-22(2)23(18-9-5-3-6-10-18)20-16-13-14-17(15-16)21(20)24(22,23)19-11-7-4-8-12-19/h3-14,16-17,20-21H,15H2,1-2H3/t16-,17+,20+,21-,23+,24-. The van der Waals surface area contributed by atoms with Gasteiger partial charge in [-0.2, -0.15) is 0 Å². The van der Waals surface area contributed by atoms with Gasteiger partial charge in [0.25, 0.3) is 0 Å². The maximum atomic E-state index is 2.55. The maximum Gasteiger partial charge on any atom is 0.0155 e. The summed E-state index contributed by atoms with van der Waals surface area (Å²) in [4.78, 5) is 0. The molecule has 2 aromatic rings. The van der Waals surface area contributed by atoms with Crippen LogP contribution >= 0.6 is 0 Å². The maximum absolute atomic E-state index is 2.55. The van der Waals surface area contributed by atoms with Crippen LogP contribution in [0.2, 0.25) is 0 Å². The molecule has 3 saturated carbocycles. The first-order valence-electron chi connectivity index (χ1n) is 9.47. The summed E-state index contributed by atoms with van der Waals surface area (Å²) in [5.74, 6) is 3.29. The van der Waals surface area contributed by atoms with Gasteiger partial charge in [0.05, 0.1) is 0 Å². The highest BCUT2D eigenvalue weighted by Gasteiger charge is 2.97. The molecule has 4 aliphatic carbocycles. The van der Waals surface area contributed by atoms with Crippen molar-refractivity contribution in [3.8, 4) is 0 Å². The molecular formula is C24H24. The smallest absolute Gasteiger partial charge is 0.0155 e. The van der Waals surface area contributed by atoms with Crippen LogP contribution in [0.4, 0.5) is 0 Å². The molecule has 4 aliphatic rings. The first-order chi connectivity index (χ1) is 11.7. The normalized spacial score (nSPS) is 45.4. The molecule has 0 nitrogen and oxygen atoms in total. The van der Waals surface area contributed by atoms with Crippen LogP contribution in [0.15, 0.2) is 72.8 Å². The van der Waals surface area contributed by atoms with E-state index in [9.17, 15) is 0 Å². The zero-order valence-electron chi connectivity index (χ0n) is 14.4. The lowest BCUT2D eigenvalue weighted by Gasteiger charge is -2.53. The van der Waals surface area contributed by atoms with Crippen molar-refractivity contribution in [3.05, 3.63) is 83.9 Å². The van der Waals surface area contributed by atoms with Gasteiger partial charge < -0.3 is 0 Å². The Labute approximate surface area is 144 Å². The molecule has 0 N–H and O–H groups in total. The largest absolute Gasteiger partial charge is 0.0848 e. The molecule has 2 bridgehead atoms. The Balaban J connectivity index is 1.65. The lowest BCUT2D eigenvalue weighted by atomic mass is 9.50. The second-order valence-electron chi connectivity index (χ2n) is 8.97. The van der Waals surface area contributed by atoms with Crippen molar-refractivity contribution in [1.82, 2.24) is 0 Å². The number of benzene rings is 2. The van der Waals surface area contributed by atoms with Gasteiger partial charge in [0.15, 0.2) is 0 Å². The van der Waals surface area contributed by atoms with Crippen molar-refractivity contribution < 1.29 is 0 Å². The third-order valence-electron chi connectivity index (χ3n) is 8.45. The molecular weight excluding hydrogens is 288 g/mol. The van der Waals surface area contributed by atoms with E-state index in [-0.39, 0.29) is 0 Å². The van der Waals surface area contributed by atoms with Crippen molar-refractivity contribution in [3.63, 3.8) is 0 Å². The predicted octanol–water partition coefficient (Wildman–Crippen LogP) is 5.35. The predicted molar refractivity (Wildman–Crippen MR) is 97.7 cm³/mol. The van der Waals surface area contributed by atoms with E-state index in [1.54, 1.807) is 11.1 Å². The van der Waals surface area contributed by atoms with E-state index in [1.807, 2.05) is 0 Å². The quantitative estimate of drug-likeness (QED) is 0.655. The first-order valence-corrected chi connectivity index (χ1v) is 9.47. The van der Waals surface area contributed by atoms with E-state index in [4.69, 9.17) is 0 Å². The SMILES string of the molecule is CC1(C)[C@]2(c3ccccc3)[C@@H]3[C@@H]([C@H]4C=C[C@@H]3C4)[C@]12c1ccccc1. The van der Waals surface area contributed by atoms with Crippen LogP contribution in [0.3, 0.4) is 0 Å². The van der Waals surface area contributed by atoms with Crippen LogP contribution < -0.4 is 0 Å². The molecule has 3 fully saturated rings. The van der Waals surface area contributed by atoms with Gasteiger partial charge in [0.1, 0.15) is 0 Å². The fourth-order valence-corrected chi connectivity index (χ4v) is 8.17. The Hall–Kier alpha value is -1.82. The van der Waals surface area contributed by atoms with Crippen LogP contribution in [0.5, 0.6) is 0 Å². The van der Waals surface area contributed by atoms with Gasteiger partial charge in [-0.25, -0.2) is 0 Å². The number of fused-ring (bicyclic) bond motifs is 8. The van der Waals surface area contributed by atoms with Crippen molar-refractivity contribution in [2.24, 2.45) is 29.1 Å². The van der Waals surface area contributed by atoms with Gasteiger partial charge in [-0.1, -0.05) is 86.7 Å². The summed E-state index contributed by atoms with van der Waals surface area (Å²) in [6, 6.07) is 22.9. The third kappa shape index (κ3) is 1.05. The topological polar surface area (TPSA) is 0 Å². The van der Waals surface area contributed by atoms with Crippen LogP contribution in [0.25, 0.3) is 0 Å². The van der Waals surface area contributed by atoms with Gasteiger partial charge in [-0.05, 0) is 46.6 Å². The average Bonchev–Trinajstić information content (AvgIpc) is 2.98. The zero-order chi connectivity index (χ0) is 16.2. The summed E-state index contributed by atoms with van der Waals surface area (Å²) in [6.45, 7) is 5.09. The molecule has 2 aromatic carbocycles. The Morgan fingerprint density at radius 2 is 1.08 bits per heavy atom. The fraction of sp³-hybridized carbons (Fsp3) is 0.417. The molecule has 0 radical (unpaired) electrons. The van der Waals surface area contributed by atoms with Gasteiger partial charge in [-0.3, -0.25) is 0 Å². The van der Waals surface area contributed by atoms with Gasteiger partial charge >= 0.3 is 0 Å². The summed E-state index contributed by atoms with van der Waals surface area (Å²) in [6.07, 6.45) is 6.48. The Morgan fingerprint density at radius 1 is 0.667 bits per heavy atom. The third-order valence-corrected chi connectivity index (χ3v) is 8.45. The van der Waals surface area contributed by atoms with E-state index in [0.29, 0.717) is 16.2 Å². The second-order valence-corrected chi connectivity index (χ2v) is 8.97. The van der Waals surface area contributed by atoms with E-state index < -0.39 is 0 Å². The molecule has 24 heavy (non-hydrogen) atoms. The second kappa shape index (κ2) is 3.87. The molecule has 0 amide bonds. The van der Waals surface area contributed by atoms with Crippen molar-refractivity contribution >= 4 is 0 Å². The molecule has 0 heteroatoms. The molecule has 6 atom stereocenters. The van der Waals surface area contributed by atoms with Crippen LogP contribution in [0.1, 0.15) is 31.4 Å². The highest BCUT2D eigenvalue weighted by molar-refractivity contribution is 5.66. The molecule has 120 valence electrons. The number of hydrogen-bond donors (Lipinski definition) is 0. The summed E-state index contributed by atoms with van der Waals surface area (Å²) in [5.41, 5.74) is 4.16. The molecule has 0 saturated heterocycles. The summed E-state index contributed by atoms with van der Waals surface area (Å²) >= 11 is 0. The monoisotopic (exact) mass is 312 g/mol. The number of allylic oxidation sites excluding steroid dienone is 2. The van der Waals surface area contributed by atoms with Gasteiger partial charge in [0, 0.05) is 10.8 Å². The number of rotatable bonds is 2. The molecule has 0 aromatic heterocycles. The average molecular weight is 312 g/mol. The van der Waals surface area contributed by atoms with Gasteiger partial charge in [-0.15, -0.1) is 0 Å². The minimum atomic E-state index is 0.331. The Bertz CT molecular complexity index is 777. The lowest BCUT2D eigenvalue weighted by molar-refractivity contribution is 0.0761. The Morgan fingerprint density at radius 3 is 1.50 bits per heavy atom. The van der Waals surface area contributed by atoms with E-state index in [1.165, 1.54) is 6.42 Å². The van der Waals surface area contributed by atoms with Gasteiger partial charge in [0.2, 0.25) is 0 Å². The van der Waals surface area contributed by atoms with E-state index in [0.717, 1.165) is 23.7 Å². The first kappa shape index (κ1) is 13.5. The van der Waals surface area contributed by atoms with E-state index >= 15 is 0 Å². The highest BCUT2D eigenvalue weighted by atomic mass is 15.0. The lowest BCUT2D eigenvalue weighted by Crippen LogP contribution is -2.53. The molecule has 0 heterocycles. The molecule has 0 unspecified atom stereocenters. The van der Waals surface area contributed by atoms with Crippen molar-refractivity contribution in [2.45, 2.75) is 31.1 Å². The van der Waals surface area contributed by atoms with Crippen LogP contribution in [0, 0.1) is 29.1 Å². The fourth-order valence-electron chi connectivity index (χ4n) is 8.17. The molecule has 0 spiro atoms. The Kier molecular flexibility index (Phi) is 2.17.